The highest BCUT2D eigenvalue weighted by Crippen LogP contribution is 2.16. The first-order chi connectivity index (χ1) is 13.0. The van der Waals surface area contributed by atoms with Crippen molar-refractivity contribution in [3.05, 3.63) is 29.3 Å². The summed E-state index contributed by atoms with van der Waals surface area (Å²) in [5.74, 6) is 0.594. The fraction of sp³-hybridized carbons (Fsp3) is 0.600. The highest BCUT2D eigenvalue weighted by Gasteiger charge is 2.22. The van der Waals surface area contributed by atoms with E-state index in [0.717, 1.165) is 12.0 Å². The van der Waals surface area contributed by atoms with E-state index in [0.29, 0.717) is 45.1 Å². The molecule has 1 aromatic rings. The van der Waals surface area contributed by atoms with Crippen molar-refractivity contribution in [3.63, 3.8) is 0 Å². The Morgan fingerprint density at radius 2 is 1.59 bits per heavy atom. The monoisotopic (exact) mass is 378 g/mol. The van der Waals surface area contributed by atoms with Crippen LogP contribution in [0.4, 0.5) is 0 Å². The zero-order valence-electron chi connectivity index (χ0n) is 16.5. The van der Waals surface area contributed by atoms with Crippen molar-refractivity contribution in [3.8, 4) is 5.75 Å². The van der Waals surface area contributed by atoms with E-state index in [2.05, 4.69) is 0 Å². The smallest absolute Gasteiger partial charge is 0.260 e. The van der Waals surface area contributed by atoms with E-state index in [1.54, 1.807) is 16.9 Å². The Morgan fingerprint density at radius 3 is 2.22 bits per heavy atom. The number of aryl methyl sites for hydroxylation is 2. The van der Waals surface area contributed by atoms with E-state index in [-0.39, 0.29) is 25.0 Å². The van der Waals surface area contributed by atoms with Gasteiger partial charge in [-0.25, -0.2) is 0 Å². The molecular formula is C20H30N2O5. The molecule has 0 bridgehead atoms. The Morgan fingerprint density at radius 1 is 0.926 bits per heavy atom. The molecule has 0 aromatic heterocycles. The van der Waals surface area contributed by atoms with Crippen LogP contribution in [0.25, 0.3) is 0 Å². The number of hydrogen-bond donors (Lipinski definition) is 0. The van der Waals surface area contributed by atoms with Gasteiger partial charge in [0.05, 0.1) is 13.2 Å². The van der Waals surface area contributed by atoms with Gasteiger partial charge >= 0.3 is 0 Å². The first kappa shape index (κ1) is 21.2. The largest absolute Gasteiger partial charge is 0.484 e. The Kier molecular flexibility index (Phi) is 8.54. The lowest BCUT2D eigenvalue weighted by atomic mass is 10.1. The topological polar surface area (TPSA) is 68.3 Å². The van der Waals surface area contributed by atoms with E-state index in [1.165, 1.54) is 5.56 Å². The molecule has 0 N–H and O–H groups in total. The fourth-order valence-corrected chi connectivity index (χ4v) is 2.85. The van der Waals surface area contributed by atoms with Gasteiger partial charge in [0.2, 0.25) is 5.91 Å². The maximum atomic E-state index is 12.5. The molecule has 1 saturated heterocycles. The highest BCUT2D eigenvalue weighted by atomic mass is 16.5. The number of benzene rings is 1. The predicted octanol–water partition coefficient (Wildman–Crippen LogP) is 1.41. The van der Waals surface area contributed by atoms with Crippen molar-refractivity contribution in [1.29, 1.82) is 0 Å². The third-order valence-electron chi connectivity index (χ3n) is 4.70. The zero-order valence-corrected chi connectivity index (χ0v) is 16.5. The van der Waals surface area contributed by atoms with Crippen LogP contribution in [-0.4, -0.2) is 81.3 Å². The summed E-state index contributed by atoms with van der Waals surface area (Å²) >= 11 is 0. The normalized spacial score (nSPS) is 14.8. The number of amides is 2. The first-order valence-corrected chi connectivity index (χ1v) is 9.33. The summed E-state index contributed by atoms with van der Waals surface area (Å²) in [7, 11) is 1.59. The van der Waals surface area contributed by atoms with Gasteiger partial charge in [0.25, 0.3) is 5.91 Å². The summed E-state index contributed by atoms with van der Waals surface area (Å²) in [5.41, 5.74) is 2.33. The molecule has 7 heteroatoms. The predicted molar refractivity (Wildman–Crippen MR) is 102 cm³/mol. The lowest BCUT2D eigenvalue weighted by molar-refractivity contribution is -0.137. The van der Waals surface area contributed by atoms with E-state index < -0.39 is 0 Å². The van der Waals surface area contributed by atoms with Crippen molar-refractivity contribution in [2.45, 2.75) is 20.3 Å². The Labute approximate surface area is 161 Å². The van der Waals surface area contributed by atoms with Crippen molar-refractivity contribution in [2.75, 3.05) is 59.7 Å². The molecule has 0 aliphatic carbocycles. The standard InChI is InChI=1S/C20H30N2O5/c1-16-5-6-18(13-17(16)2)27-15-20(24)22-8-4-7-21(9-10-22)19(23)14-26-12-11-25-3/h5-6,13H,4,7-12,14-15H2,1-3H3. The van der Waals surface area contributed by atoms with Crippen molar-refractivity contribution >= 4 is 11.8 Å². The van der Waals surface area contributed by atoms with Crippen LogP contribution >= 0.6 is 0 Å². The van der Waals surface area contributed by atoms with Gasteiger partial charge in [0.15, 0.2) is 6.61 Å². The Balaban J connectivity index is 1.76. The van der Waals surface area contributed by atoms with Crippen molar-refractivity contribution in [2.24, 2.45) is 0 Å². The number of hydrogen-bond acceptors (Lipinski definition) is 5. The van der Waals surface area contributed by atoms with Gasteiger partial charge < -0.3 is 24.0 Å². The van der Waals surface area contributed by atoms with Gasteiger partial charge in [-0.15, -0.1) is 0 Å². The van der Waals surface area contributed by atoms with Gasteiger partial charge in [-0.2, -0.15) is 0 Å². The van der Waals surface area contributed by atoms with Gasteiger partial charge in [-0.05, 0) is 43.5 Å². The van der Waals surface area contributed by atoms with Gasteiger partial charge in [0.1, 0.15) is 12.4 Å². The first-order valence-electron chi connectivity index (χ1n) is 9.33. The molecular weight excluding hydrogens is 348 g/mol. The number of carbonyl (C=O) groups is 2. The van der Waals surface area contributed by atoms with E-state index in [9.17, 15) is 9.59 Å². The summed E-state index contributed by atoms with van der Waals surface area (Å²) in [6, 6.07) is 5.80. The van der Waals surface area contributed by atoms with Crippen LogP contribution < -0.4 is 4.74 Å². The third kappa shape index (κ3) is 6.84. The molecule has 0 radical (unpaired) electrons. The van der Waals surface area contributed by atoms with Crippen LogP contribution in [0.15, 0.2) is 18.2 Å². The molecule has 1 aromatic carbocycles. The minimum absolute atomic E-state index is 0.0105. The Hall–Kier alpha value is -2.12. The third-order valence-corrected chi connectivity index (χ3v) is 4.70. The second kappa shape index (κ2) is 10.9. The SMILES string of the molecule is COCCOCC(=O)N1CCCN(C(=O)COc2ccc(C)c(C)c2)CC1. The van der Waals surface area contributed by atoms with Gasteiger partial charge in [0, 0.05) is 33.3 Å². The molecule has 2 amide bonds. The quantitative estimate of drug-likeness (QED) is 0.640. The van der Waals surface area contributed by atoms with Crippen LogP contribution in [0.1, 0.15) is 17.5 Å². The summed E-state index contributed by atoms with van der Waals surface area (Å²) in [6.45, 7) is 7.27. The minimum Gasteiger partial charge on any atom is -0.484 e. The molecule has 150 valence electrons. The number of rotatable bonds is 8. The molecule has 0 atom stereocenters. The molecule has 27 heavy (non-hydrogen) atoms. The number of nitrogens with zero attached hydrogens (tertiary/aromatic N) is 2. The number of carbonyl (C=O) groups excluding carboxylic acids is 2. The van der Waals surface area contributed by atoms with E-state index in [1.807, 2.05) is 32.0 Å². The maximum absolute atomic E-state index is 12.5. The molecule has 1 heterocycles. The van der Waals surface area contributed by atoms with E-state index in [4.69, 9.17) is 14.2 Å². The number of ether oxygens (including phenoxy) is 3. The maximum Gasteiger partial charge on any atom is 0.260 e. The number of methoxy groups -OCH3 is 1. The van der Waals surface area contributed by atoms with Crippen molar-refractivity contribution in [1.82, 2.24) is 9.80 Å². The molecule has 2 rings (SSSR count). The molecule has 1 aliphatic heterocycles. The zero-order chi connectivity index (χ0) is 19.6. The second-order valence-corrected chi connectivity index (χ2v) is 6.70. The van der Waals surface area contributed by atoms with Crippen LogP contribution in [0.2, 0.25) is 0 Å². The average Bonchev–Trinajstić information content (AvgIpc) is 2.92. The summed E-state index contributed by atoms with van der Waals surface area (Å²) < 4.78 is 15.8. The van der Waals surface area contributed by atoms with Crippen molar-refractivity contribution < 1.29 is 23.8 Å². The van der Waals surface area contributed by atoms with Crippen LogP contribution in [0.5, 0.6) is 5.75 Å². The summed E-state index contributed by atoms with van der Waals surface area (Å²) in [4.78, 5) is 28.2. The summed E-state index contributed by atoms with van der Waals surface area (Å²) in [6.07, 6.45) is 0.749. The van der Waals surface area contributed by atoms with Crippen LogP contribution in [0.3, 0.4) is 0 Å². The van der Waals surface area contributed by atoms with E-state index >= 15 is 0 Å². The lowest BCUT2D eigenvalue weighted by Crippen LogP contribution is -2.40. The molecule has 0 unspecified atom stereocenters. The second-order valence-electron chi connectivity index (χ2n) is 6.70. The molecule has 0 saturated carbocycles. The Bertz CT molecular complexity index is 635. The highest BCUT2D eigenvalue weighted by molar-refractivity contribution is 5.79. The average molecular weight is 378 g/mol. The van der Waals surface area contributed by atoms with Gasteiger partial charge in [-0.1, -0.05) is 6.07 Å². The lowest BCUT2D eigenvalue weighted by Gasteiger charge is -2.22. The van der Waals surface area contributed by atoms with Crippen LogP contribution in [-0.2, 0) is 19.1 Å². The fourth-order valence-electron chi connectivity index (χ4n) is 2.85. The molecule has 1 fully saturated rings. The molecule has 0 spiro atoms. The van der Waals surface area contributed by atoms with Crippen LogP contribution in [0, 0.1) is 13.8 Å². The molecule has 1 aliphatic rings. The molecule has 7 nitrogen and oxygen atoms in total. The minimum atomic E-state index is -0.0566. The van der Waals surface area contributed by atoms with Gasteiger partial charge in [-0.3, -0.25) is 9.59 Å². The summed E-state index contributed by atoms with van der Waals surface area (Å²) in [5, 5.41) is 0.